The number of carbonyl (C=O) groups excluding carboxylic acids is 1. The van der Waals surface area contributed by atoms with E-state index in [0.717, 1.165) is 32.1 Å². The first-order valence-corrected chi connectivity index (χ1v) is 15.4. The van der Waals surface area contributed by atoms with Crippen LogP contribution in [0.25, 0.3) is 0 Å². The molecule has 0 radical (unpaired) electrons. The van der Waals surface area contributed by atoms with Gasteiger partial charge in [0.2, 0.25) is 0 Å². The predicted octanol–water partition coefficient (Wildman–Crippen LogP) is 8.10. The first kappa shape index (κ1) is 25.6. The van der Waals surface area contributed by atoms with Crippen LogP contribution >= 0.6 is 0 Å². The summed E-state index contributed by atoms with van der Waals surface area (Å²) in [6.45, 7) is 16.2. The lowest BCUT2D eigenvalue weighted by atomic mass is 9.62. The second kappa shape index (κ2) is 10.8. The molecule has 30 heavy (non-hydrogen) atoms. The quantitative estimate of drug-likeness (QED) is 0.243. The van der Waals surface area contributed by atoms with Crippen LogP contribution in [0.1, 0.15) is 93.4 Å². The molecule has 2 rings (SSSR count). The van der Waals surface area contributed by atoms with Crippen LogP contribution in [0.3, 0.4) is 0 Å². The number of rotatable bonds is 11. The first-order chi connectivity index (χ1) is 14.2. The molecule has 3 heteroatoms. The Bertz CT molecular complexity index is 606. The average molecular weight is 433 g/mol. The highest BCUT2D eigenvalue weighted by Gasteiger charge is 2.51. The smallest absolute Gasteiger partial charge is 0.193 e. The summed E-state index contributed by atoms with van der Waals surface area (Å²) >= 11 is 0. The number of fused-ring (bicyclic) bond motifs is 1. The van der Waals surface area contributed by atoms with E-state index < -0.39 is 8.32 Å². The van der Waals surface area contributed by atoms with Gasteiger partial charge < -0.3 is 4.43 Å². The summed E-state index contributed by atoms with van der Waals surface area (Å²) in [6.07, 6.45) is 16.7. The minimum absolute atomic E-state index is 0.123. The molecule has 0 heterocycles. The van der Waals surface area contributed by atoms with Gasteiger partial charge in [0.1, 0.15) is 5.78 Å². The Morgan fingerprint density at radius 2 is 1.73 bits per heavy atom. The number of allylic oxidation sites excluding steroid dienone is 3. The van der Waals surface area contributed by atoms with Crippen molar-refractivity contribution in [2.75, 3.05) is 0 Å². The highest BCUT2D eigenvalue weighted by Crippen LogP contribution is 2.56. The first-order valence-electron chi connectivity index (χ1n) is 12.8. The molecule has 0 aliphatic heterocycles. The molecule has 2 nitrogen and oxygen atoms in total. The Morgan fingerprint density at radius 3 is 2.30 bits per heavy atom. The molecule has 0 saturated heterocycles. The van der Waals surface area contributed by atoms with Crippen LogP contribution in [-0.4, -0.2) is 19.7 Å². The Labute approximate surface area is 188 Å². The van der Waals surface area contributed by atoms with Gasteiger partial charge in [-0.3, -0.25) is 4.79 Å². The topological polar surface area (TPSA) is 26.3 Å². The van der Waals surface area contributed by atoms with Crippen LogP contribution in [0.2, 0.25) is 18.1 Å². The number of hydrogen-bond acceptors (Lipinski definition) is 2. The Kier molecular flexibility index (Phi) is 9.18. The fourth-order valence-electron chi connectivity index (χ4n) is 6.50. The van der Waals surface area contributed by atoms with Crippen LogP contribution in [0, 0.1) is 23.2 Å². The maximum absolute atomic E-state index is 12.4. The molecular formula is C27H48O2Si. The van der Waals surface area contributed by atoms with Crippen molar-refractivity contribution >= 4 is 14.1 Å². The van der Waals surface area contributed by atoms with Gasteiger partial charge in [0.25, 0.3) is 0 Å². The summed E-state index contributed by atoms with van der Waals surface area (Å²) < 4.78 is 6.96. The Hall–Kier alpha value is -0.673. The molecule has 2 fully saturated rings. The van der Waals surface area contributed by atoms with Gasteiger partial charge in [-0.2, -0.15) is 0 Å². The largest absolute Gasteiger partial charge is 0.408 e. The molecule has 172 valence electrons. The molecular weight excluding hydrogens is 384 g/mol. The van der Waals surface area contributed by atoms with E-state index in [4.69, 9.17) is 4.43 Å². The van der Waals surface area contributed by atoms with Gasteiger partial charge in [-0.1, -0.05) is 72.8 Å². The second-order valence-electron chi connectivity index (χ2n) is 10.3. The van der Waals surface area contributed by atoms with Crippen LogP contribution in [0.4, 0.5) is 0 Å². The van der Waals surface area contributed by atoms with Crippen molar-refractivity contribution in [2.45, 2.75) is 117 Å². The third-order valence-electron chi connectivity index (χ3n) is 9.05. The monoisotopic (exact) mass is 432 g/mol. The second-order valence-corrected chi connectivity index (χ2v) is 15.0. The Morgan fingerprint density at radius 1 is 1.10 bits per heavy atom. The van der Waals surface area contributed by atoms with E-state index in [-0.39, 0.29) is 11.0 Å². The van der Waals surface area contributed by atoms with Crippen LogP contribution in [-0.2, 0) is 9.22 Å². The molecule has 0 aromatic rings. The van der Waals surface area contributed by atoms with E-state index in [1.165, 1.54) is 31.0 Å². The third-order valence-corrected chi connectivity index (χ3v) is 13.8. The van der Waals surface area contributed by atoms with Crippen LogP contribution in [0.5, 0.6) is 0 Å². The molecule has 0 N–H and O–H groups in total. The van der Waals surface area contributed by atoms with Crippen molar-refractivity contribution in [2.24, 2.45) is 23.2 Å². The predicted molar refractivity (Wildman–Crippen MR) is 132 cm³/mol. The third kappa shape index (κ3) is 5.20. The van der Waals surface area contributed by atoms with Crippen LogP contribution < -0.4 is 0 Å². The van der Waals surface area contributed by atoms with E-state index in [9.17, 15) is 4.79 Å². The summed E-state index contributed by atoms with van der Waals surface area (Å²) in [5.74, 6) is 2.00. The summed E-state index contributed by atoms with van der Waals surface area (Å²) in [5.41, 5.74) is 0.0964. The summed E-state index contributed by atoms with van der Waals surface area (Å²) in [4.78, 5) is 12.4. The van der Waals surface area contributed by atoms with Gasteiger partial charge in [-0.15, -0.1) is 0 Å². The van der Waals surface area contributed by atoms with Crippen molar-refractivity contribution in [3.63, 3.8) is 0 Å². The van der Waals surface area contributed by atoms with E-state index in [2.05, 4.69) is 72.8 Å². The zero-order chi connectivity index (χ0) is 22.4. The highest BCUT2D eigenvalue weighted by atomic mass is 28.4. The van der Waals surface area contributed by atoms with E-state index in [1.54, 1.807) is 0 Å². The molecule has 0 amide bonds. The summed E-state index contributed by atoms with van der Waals surface area (Å²) in [7, 11) is -1.64. The molecule has 0 aromatic heterocycles. The van der Waals surface area contributed by atoms with Crippen molar-refractivity contribution < 1.29 is 9.22 Å². The molecule has 4 atom stereocenters. The zero-order valence-electron chi connectivity index (χ0n) is 20.9. The molecule has 2 saturated carbocycles. The lowest BCUT2D eigenvalue weighted by molar-refractivity contribution is -0.129. The molecule has 0 bridgehead atoms. The van der Waals surface area contributed by atoms with Crippen molar-refractivity contribution in [1.29, 1.82) is 0 Å². The van der Waals surface area contributed by atoms with E-state index in [0.29, 0.717) is 23.5 Å². The fraction of sp³-hybridized carbons (Fsp3) is 0.815. The number of ketones is 1. The Balaban J connectivity index is 2.08. The average Bonchev–Trinajstić information content (AvgIpc) is 3.12. The van der Waals surface area contributed by atoms with E-state index >= 15 is 0 Å². The normalized spacial score (nSPS) is 29.1. The molecule has 2 aliphatic rings. The molecule has 3 unspecified atom stereocenters. The van der Waals surface area contributed by atoms with Crippen molar-refractivity contribution in [1.82, 2.24) is 0 Å². The highest BCUT2D eigenvalue weighted by molar-refractivity contribution is 6.73. The molecule has 2 aliphatic carbocycles. The van der Waals surface area contributed by atoms with Crippen LogP contribution in [0.15, 0.2) is 24.3 Å². The van der Waals surface area contributed by atoms with Crippen molar-refractivity contribution in [3.05, 3.63) is 24.3 Å². The van der Waals surface area contributed by atoms with Gasteiger partial charge >= 0.3 is 0 Å². The maximum atomic E-state index is 12.4. The van der Waals surface area contributed by atoms with Gasteiger partial charge in [0, 0.05) is 12.3 Å². The van der Waals surface area contributed by atoms with Crippen molar-refractivity contribution in [3.8, 4) is 0 Å². The SMILES string of the molecule is CCC(/C=C/C=C/[C@@H](C)C1CCC2C(=O)CCCC21C)(CC)O[Si](CC)(CC)CC. The fourth-order valence-corrected chi connectivity index (χ4v) is 9.65. The summed E-state index contributed by atoms with van der Waals surface area (Å²) in [5, 5.41) is 0. The maximum Gasteiger partial charge on any atom is 0.193 e. The lowest BCUT2D eigenvalue weighted by Crippen LogP contribution is -2.45. The standard InChI is InChI=1S/C27H48O2Si/c1-8-27(9-2,29-30(10-3,11-4)12-5)21-14-13-16-22(6)23-18-19-24-25(28)17-15-20-26(23,24)7/h13-14,16,21-24H,8-12,15,17-20H2,1-7H3/b16-13+,21-14+/t22-,23?,24?,26?/m1/s1. The van der Waals surface area contributed by atoms with Gasteiger partial charge in [-0.25, -0.2) is 0 Å². The van der Waals surface area contributed by atoms with E-state index in [1.807, 2.05) is 0 Å². The lowest BCUT2D eigenvalue weighted by Gasteiger charge is -2.41. The molecule has 0 aromatic carbocycles. The molecule has 0 spiro atoms. The number of hydrogen-bond donors (Lipinski definition) is 0. The number of Topliss-reactive ketones (excluding diaryl/α,β-unsaturated/α-hetero) is 1. The van der Waals surface area contributed by atoms with Gasteiger partial charge in [0.15, 0.2) is 8.32 Å². The minimum Gasteiger partial charge on any atom is -0.408 e. The zero-order valence-corrected chi connectivity index (χ0v) is 21.9. The summed E-state index contributed by atoms with van der Waals surface area (Å²) in [6, 6.07) is 3.59. The number of carbonyl (C=O) groups is 1. The minimum atomic E-state index is -1.64. The van der Waals surface area contributed by atoms with Gasteiger partial charge in [-0.05, 0) is 73.9 Å². The van der Waals surface area contributed by atoms with Gasteiger partial charge in [0.05, 0.1) is 5.60 Å².